The van der Waals surface area contributed by atoms with Crippen LogP contribution in [0, 0.1) is 5.92 Å². The number of benzene rings is 1. The van der Waals surface area contributed by atoms with E-state index in [0.29, 0.717) is 25.7 Å². The van der Waals surface area contributed by atoms with Crippen molar-refractivity contribution in [3.05, 3.63) is 23.3 Å². The number of nitrogens with zero attached hydrogens (tertiary/aromatic N) is 1. The minimum Gasteiger partial charge on any atom is -1.00 e. The summed E-state index contributed by atoms with van der Waals surface area (Å²) >= 11 is 0. The third-order valence-corrected chi connectivity index (χ3v) is 9.02. The van der Waals surface area contributed by atoms with E-state index >= 15 is 0 Å². The number of piperidine rings is 1. The molecular formula is C21H28BrNO7S. The maximum Gasteiger partial charge on any atom is 0.446 e. The van der Waals surface area contributed by atoms with Gasteiger partial charge in [-0.05, 0) is 37.3 Å². The zero-order chi connectivity index (χ0) is 21.1. The van der Waals surface area contributed by atoms with E-state index in [1.165, 1.54) is 18.9 Å². The lowest BCUT2D eigenvalue weighted by molar-refractivity contribution is -0.950. The van der Waals surface area contributed by atoms with Gasteiger partial charge in [-0.25, -0.2) is 0 Å². The molecule has 3 aliphatic carbocycles. The van der Waals surface area contributed by atoms with Gasteiger partial charge in [0.2, 0.25) is 0 Å². The second kappa shape index (κ2) is 6.57. The summed E-state index contributed by atoms with van der Waals surface area (Å²) < 4.78 is 43.8. The molecule has 1 spiro atoms. The molecule has 3 fully saturated rings. The predicted octanol–water partition coefficient (Wildman–Crippen LogP) is -2.06. The average Bonchev–Trinajstić information content (AvgIpc) is 3.38. The summed E-state index contributed by atoms with van der Waals surface area (Å²) in [5.74, 6) is 0.875. The van der Waals surface area contributed by atoms with Gasteiger partial charge in [-0.15, -0.1) is 0 Å². The number of hydrogen-bond acceptors (Lipinski definition) is 6. The topological polar surface area (TPSA) is 113 Å². The van der Waals surface area contributed by atoms with Gasteiger partial charge in [0.15, 0.2) is 11.5 Å². The molecule has 6 atom stereocenters. The molecule has 6 rings (SSSR count). The molecule has 2 saturated carbocycles. The van der Waals surface area contributed by atoms with E-state index in [-0.39, 0.29) is 34.5 Å². The largest absolute Gasteiger partial charge is 1.00 e. The number of likely N-dealkylation sites (tertiary alicyclic amines) is 1. The van der Waals surface area contributed by atoms with Crippen LogP contribution in [0.1, 0.15) is 43.2 Å². The Kier molecular flexibility index (Phi) is 4.65. The third kappa shape index (κ3) is 2.81. The number of rotatable bonds is 4. The first-order valence-corrected chi connectivity index (χ1v) is 12.2. The molecule has 0 amide bonds. The average molecular weight is 518 g/mol. The number of aliphatic hydroxyl groups excluding tert-OH is 1. The number of likely N-dealkylation sites (N-methyl/N-ethyl adjacent to an activating group) is 1. The second-order valence-electron chi connectivity index (χ2n) is 10.3. The van der Waals surface area contributed by atoms with Crippen molar-refractivity contribution >= 4 is 10.4 Å². The summed E-state index contributed by atoms with van der Waals surface area (Å²) in [5, 5.41) is 23.2. The molecule has 1 saturated heterocycles. The summed E-state index contributed by atoms with van der Waals surface area (Å²) in [5.41, 5.74) is -0.0612. The van der Waals surface area contributed by atoms with E-state index in [1.54, 1.807) is 0 Å². The van der Waals surface area contributed by atoms with Crippen molar-refractivity contribution < 1.29 is 53.6 Å². The highest BCUT2D eigenvalue weighted by Crippen LogP contribution is 2.66. The minimum absolute atomic E-state index is 0. The molecule has 0 aromatic heterocycles. The van der Waals surface area contributed by atoms with Gasteiger partial charge in [0, 0.05) is 24.3 Å². The summed E-state index contributed by atoms with van der Waals surface area (Å²) in [7, 11) is -2.47. The van der Waals surface area contributed by atoms with Crippen molar-refractivity contribution in [2.75, 3.05) is 20.1 Å². The van der Waals surface area contributed by atoms with E-state index in [1.807, 2.05) is 6.07 Å². The molecule has 10 heteroatoms. The van der Waals surface area contributed by atoms with Gasteiger partial charge in [-0.2, -0.15) is 8.42 Å². The van der Waals surface area contributed by atoms with Crippen LogP contribution < -0.4 is 25.9 Å². The Morgan fingerprint density at radius 2 is 2.00 bits per heavy atom. The van der Waals surface area contributed by atoms with Gasteiger partial charge < -0.3 is 40.6 Å². The Balaban J connectivity index is 0.00000204. The standard InChI is InChI=1S/C21H27NO7S.BrH/c1-22(11-12-2-3-12)9-8-20-17-13-4-5-15(29-30(25,26)27)18(17)28-19(20)14(23)6-7-21(20,24)16(22)10-13;/h4-5,12,14,16,19,23-24H,2-3,6-11H2,1H3;1H/t14-,16-,19+,20+,21-,22?;/m1./s1. The van der Waals surface area contributed by atoms with Gasteiger partial charge >= 0.3 is 10.4 Å². The Hall–Kier alpha value is -0.910. The lowest BCUT2D eigenvalue weighted by Crippen LogP contribution is -3.00. The van der Waals surface area contributed by atoms with Crippen LogP contribution >= 0.6 is 0 Å². The highest BCUT2D eigenvalue weighted by Gasteiger charge is 2.76. The van der Waals surface area contributed by atoms with E-state index in [9.17, 15) is 23.2 Å². The Morgan fingerprint density at radius 3 is 2.68 bits per heavy atom. The molecule has 2 bridgehead atoms. The van der Waals surface area contributed by atoms with Crippen molar-refractivity contribution in [3.8, 4) is 11.5 Å². The first kappa shape index (κ1) is 21.9. The SMILES string of the molecule is C[N+]1(CC2CC2)CC[C@]23c4c5ccc(OS(=O)(=O)O)c4O[C@H]2[C@H](O)CC[C@@]3(O)[C@H]1C5.[Br-]. The summed E-state index contributed by atoms with van der Waals surface area (Å²) in [6.07, 6.45) is 3.33. The van der Waals surface area contributed by atoms with Crippen LogP contribution in [0.5, 0.6) is 11.5 Å². The molecule has 172 valence electrons. The summed E-state index contributed by atoms with van der Waals surface area (Å²) in [6, 6.07) is 3.33. The molecule has 1 aromatic rings. The van der Waals surface area contributed by atoms with Crippen LogP contribution in [-0.4, -0.2) is 71.7 Å². The molecule has 31 heavy (non-hydrogen) atoms. The van der Waals surface area contributed by atoms with Crippen molar-refractivity contribution in [2.24, 2.45) is 5.92 Å². The van der Waals surface area contributed by atoms with Crippen LogP contribution in [0.4, 0.5) is 0 Å². The second-order valence-corrected chi connectivity index (χ2v) is 11.3. The zero-order valence-electron chi connectivity index (χ0n) is 17.3. The third-order valence-electron chi connectivity index (χ3n) is 8.63. The van der Waals surface area contributed by atoms with Gasteiger partial charge in [0.1, 0.15) is 17.7 Å². The maximum absolute atomic E-state index is 12.3. The fourth-order valence-corrected chi connectivity index (χ4v) is 7.66. The Morgan fingerprint density at radius 1 is 1.26 bits per heavy atom. The van der Waals surface area contributed by atoms with Gasteiger partial charge in [0.25, 0.3) is 0 Å². The van der Waals surface area contributed by atoms with Crippen molar-refractivity contribution in [1.82, 2.24) is 0 Å². The van der Waals surface area contributed by atoms with Crippen LogP contribution in [0.15, 0.2) is 12.1 Å². The van der Waals surface area contributed by atoms with Gasteiger partial charge in [-0.3, -0.25) is 4.55 Å². The monoisotopic (exact) mass is 517 g/mol. The van der Waals surface area contributed by atoms with Gasteiger partial charge in [-0.1, -0.05) is 6.07 Å². The minimum atomic E-state index is -4.73. The molecule has 2 aliphatic heterocycles. The molecule has 5 aliphatic rings. The fourth-order valence-electron chi connectivity index (χ4n) is 7.30. The molecule has 8 nitrogen and oxygen atoms in total. The van der Waals surface area contributed by atoms with Crippen molar-refractivity contribution in [1.29, 1.82) is 0 Å². The van der Waals surface area contributed by atoms with Crippen LogP contribution in [-0.2, 0) is 22.2 Å². The van der Waals surface area contributed by atoms with Crippen LogP contribution in [0.2, 0.25) is 0 Å². The van der Waals surface area contributed by atoms with Crippen molar-refractivity contribution in [2.45, 2.75) is 67.8 Å². The van der Waals surface area contributed by atoms with Crippen LogP contribution in [0.25, 0.3) is 0 Å². The maximum atomic E-state index is 12.3. The first-order valence-electron chi connectivity index (χ1n) is 10.8. The lowest BCUT2D eigenvalue weighted by Gasteiger charge is -2.65. The van der Waals surface area contributed by atoms with E-state index in [4.69, 9.17) is 8.92 Å². The molecule has 1 unspecified atom stereocenters. The predicted molar refractivity (Wildman–Crippen MR) is 106 cm³/mol. The summed E-state index contributed by atoms with van der Waals surface area (Å²) in [6.45, 7) is 1.93. The Bertz CT molecular complexity index is 1050. The molecule has 1 aromatic carbocycles. The molecule has 0 radical (unpaired) electrons. The number of quaternary nitrogens is 1. The number of aliphatic hydroxyl groups is 2. The van der Waals surface area contributed by atoms with Crippen LogP contribution in [0.3, 0.4) is 0 Å². The van der Waals surface area contributed by atoms with E-state index < -0.39 is 33.6 Å². The highest BCUT2D eigenvalue weighted by atomic mass is 79.9. The van der Waals surface area contributed by atoms with Gasteiger partial charge in [0.05, 0.1) is 31.7 Å². The zero-order valence-corrected chi connectivity index (χ0v) is 19.7. The summed E-state index contributed by atoms with van der Waals surface area (Å²) in [4.78, 5) is 0. The first-order chi connectivity index (χ1) is 14.1. The number of ether oxygens (including phenoxy) is 1. The van der Waals surface area contributed by atoms with E-state index in [0.717, 1.165) is 34.6 Å². The number of hydrogen-bond donors (Lipinski definition) is 3. The number of halogens is 1. The normalized spacial score (nSPS) is 42.3. The lowest BCUT2D eigenvalue weighted by atomic mass is 9.48. The smallest absolute Gasteiger partial charge is 0.446 e. The fraction of sp³-hybridized carbons (Fsp3) is 0.714. The quantitative estimate of drug-likeness (QED) is 0.311. The molecular weight excluding hydrogens is 490 g/mol. The Labute approximate surface area is 192 Å². The highest BCUT2D eigenvalue weighted by molar-refractivity contribution is 7.81. The molecule has 2 heterocycles. The van der Waals surface area contributed by atoms with Crippen molar-refractivity contribution in [3.63, 3.8) is 0 Å². The molecule has 3 N–H and O–H groups in total. The van der Waals surface area contributed by atoms with E-state index in [2.05, 4.69) is 7.05 Å².